The quantitative estimate of drug-likeness (QED) is 0.128. The largest absolute Gasteiger partial charge is 4.00 e. The summed E-state index contributed by atoms with van der Waals surface area (Å²) < 4.78 is 8.90. The third kappa shape index (κ3) is 7.52. The van der Waals surface area contributed by atoms with Crippen LogP contribution in [-0.2, 0) is 27.7 Å². The van der Waals surface area contributed by atoms with Crippen molar-refractivity contribution in [3.05, 3.63) is 235 Å². The molecule has 6 heteroatoms. The molecule has 0 unspecified atom stereocenters. The van der Waals surface area contributed by atoms with Crippen LogP contribution in [0.15, 0.2) is 200 Å². The molecule has 2 heterocycles. The first-order valence-corrected chi connectivity index (χ1v) is 21.3. The number of nitrogens with zero attached hydrogens (tertiary/aromatic N) is 4. The van der Waals surface area contributed by atoms with E-state index in [4.69, 9.17) is 10.1 Å². The van der Waals surface area contributed by atoms with Gasteiger partial charge >= 0.3 is 21.1 Å². The van der Waals surface area contributed by atoms with E-state index in [1.54, 1.807) is 0 Å². The molecular weight excluding hydrogens is 964 g/mol. The molecule has 11 rings (SSSR count). The molecule has 1 aromatic heterocycles. The van der Waals surface area contributed by atoms with Gasteiger partial charge in [0.25, 0.3) is 0 Å². The molecule has 0 radical (unpaired) electrons. The van der Waals surface area contributed by atoms with Gasteiger partial charge in [0.15, 0.2) is 0 Å². The van der Waals surface area contributed by atoms with Crippen LogP contribution in [0.5, 0.6) is 11.5 Å². The van der Waals surface area contributed by atoms with Crippen LogP contribution in [-0.4, -0.2) is 4.57 Å². The van der Waals surface area contributed by atoms with E-state index in [0.717, 1.165) is 89.2 Å². The molecule has 10 aromatic rings. The van der Waals surface area contributed by atoms with Crippen molar-refractivity contribution in [2.75, 3.05) is 9.80 Å². The molecule has 1 aliphatic heterocycles. The topological polar surface area (TPSA) is 34.7 Å². The normalized spacial score (nSPS) is 12.0. The molecule has 310 valence electrons. The summed E-state index contributed by atoms with van der Waals surface area (Å²) in [5.74, 6) is 1.20. The van der Waals surface area contributed by atoms with Crippen LogP contribution in [0.3, 0.4) is 0 Å². The first-order valence-electron chi connectivity index (χ1n) is 21.3. The molecule has 0 aliphatic carbocycles. The van der Waals surface area contributed by atoms with Crippen molar-refractivity contribution < 1.29 is 25.8 Å². The van der Waals surface area contributed by atoms with Gasteiger partial charge in [0.1, 0.15) is 0 Å². The average Bonchev–Trinajstić information content (AvgIpc) is 3.87. The number of aromatic nitrogens is 1. The van der Waals surface area contributed by atoms with Gasteiger partial charge in [0.2, 0.25) is 0 Å². The Morgan fingerprint density at radius 1 is 0.516 bits per heavy atom. The summed E-state index contributed by atoms with van der Waals surface area (Å²) in [5, 5.41) is 7.56. The fraction of sp³-hybridized carbons (Fsp3) is 0.0517. The summed E-state index contributed by atoms with van der Waals surface area (Å²) in [6, 6.07) is 77.2. The summed E-state index contributed by atoms with van der Waals surface area (Å²) in [4.78, 5) is 4.51. The number of fused-ring (bicyclic) bond motifs is 4. The second-order valence-corrected chi connectivity index (χ2v) is 16.0. The fourth-order valence-electron chi connectivity index (χ4n) is 9.05. The Balaban J connectivity index is 0.00000484. The Morgan fingerprint density at radius 3 is 1.78 bits per heavy atom. The van der Waals surface area contributed by atoms with Crippen molar-refractivity contribution in [2.45, 2.75) is 20.5 Å². The molecule has 1 aliphatic rings. The molecule has 9 aromatic carbocycles. The van der Waals surface area contributed by atoms with Crippen molar-refractivity contribution >= 4 is 50.2 Å². The van der Waals surface area contributed by atoms with E-state index in [0.29, 0.717) is 18.2 Å². The number of benzene rings is 9. The minimum atomic E-state index is 0. The van der Waals surface area contributed by atoms with E-state index in [1.165, 1.54) is 5.56 Å². The van der Waals surface area contributed by atoms with Crippen LogP contribution >= 0.6 is 0 Å². The smallest absolute Gasteiger partial charge is 0.667 e. The predicted molar refractivity (Wildman–Crippen MR) is 260 cm³/mol. The Hall–Kier alpha value is -7.33. The third-order valence-electron chi connectivity index (χ3n) is 11.9. The summed E-state index contributed by atoms with van der Waals surface area (Å²) >= 11 is 0. The molecule has 0 atom stereocenters. The number of anilines is 4. The van der Waals surface area contributed by atoms with Gasteiger partial charge in [-0.25, -0.2) is 0 Å². The molecule has 0 N–H and O–H groups in total. The first kappa shape index (κ1) is 40.7. The molecule has 0 saturated heterocycles. The van der Waals surface area contributed by atoms with E-state index < -0.39 is 0 Å². The van der Waals surface area contributed by atoms with Crippen LogP contribution in [0, 0.1) is 32.6 Å². The Labute approximate surface area is 389 Å². The fourth-order valence-corrected chi connectivity index (χ4v) is 9.05. The summed E-state index contributed by atoms with van der Waals surface area (Å²) in [5.41, 5.74) is 16.4. The standard InChI is InChI=1S/C58H42N4O.Pt/c1-40-34-41(2)57(52(35-40)44-22-10-5-11-23-44)59-38-60-53-29-13-12-26-50(53)51-33-32-47(37-56(51)60)63-46-25-16-24-45(36-46)61-39-62(55-31-15-14-30-54(55)61)58-48(42-18-6-3-7-19-42)27-17-28-49(58)43-20-8-4-9-21-43;/h3-35,39H,38H2,1-2H3;/q-4;+4. The van der Waals surface area contributed by atoms with Gasteiger partial charge in [-0.2, -0.15) is 12.1 Å². The van der Waals surface area contributed by atoms with Crippen molar-refractivity contribution in [2.24, 2.45) is 0 Å². The van der Waals surface area contributed by atoms with Crippen molar-refractivity contribution in [3.63, 3.8) is 0 Å². The van der Waals surface area contributed by atoms with Gasteiger partial charge in [-0.15, -0.1) is 53.8 Å². The minimum absolute atomic E-state index is 0. The molecule has 0 amide bonds. The molecule has 64 heavy (non-hydrogen) atoms. The molecular formula is C58H42N4OPt. The third-order valence-corrected chi connectivity index (χ3v) is 11.9. The van der Waals surface area contributed by atoms with Crippen LogP contribution in [0.1, 0.15) is 11.1 Å². The second-order valence-electron chi connectivity index (χ2n) is 16.0. The predicted octanol–water partition coefficient (Wildman–Crippen LogP) is 15.9. The number of aryl methyl sites for hydroxylation is 2. The van der Waals surface area contributed by atoms with Gasteiger partial charge in [-0.1, -0.05) is 175 Å². The molecule has 0 bridgehead atoms. The maximum absolute atomic E-state index is 6.65. The van der Waals surface area contributed by atoms with Crippen molar-refractivity contribution in [1.29, 1.82) is 0 Å². The van der Waals surface area contributed by atoms with Crippen LogP contribution in [0.4, 0.5) is 28.4 Å². The van der Waals surface area contributed by atoms with Crippen LogP contribution in [0.25, 0.3) is 60.5 Å². The van der Waals surface area contributed by atoms with Crippen LogP contribution in [0.2, 0.25) is 0 Å². The summed E-state index contributed by atoms with van der Waals surface area (Å²) in [6.07, 6.45) is 0. The number of ether oxygens (including phenoxy) is 1. The number of rotatable bonds is 10. The molecule has 0 saturated carbocycles. The number of hydrogen-bond acceptors (Lipinski definition) is 3. The van der Waals surface area contributed by atoms with Gasteiger partial charge in [-0.3, -0.25) is 0 Å². The van der Waals surface area contributed by atoms with E-state index in [-0.39, 0.29) is 21.1 Å². The Morgan fingerprint density at radius 2 is 1.09 bits per heavy atom. The van der Waals surface area contributed by atoms with Crippen molar-refractivity contribution in [1.82, 2.24) is 4.57 Å². The zero-order valence-corrected chi connectivity index (χ0v) is 37.6. The summed E-state index contributed by atoms with van der Waals surface area (Å²) in [7, 11) is 0. The maximum Gasteiger partial charge on any atom is 4.00 e. The Kier molecular flexibility index (Phi) is 11.1. The minimum Gasteiger partial charge on any atom is -0.667 e. The second kappa shape index (κ2) is 17.4. The summed E-state index contributed by atoms with van der Waals surface area (Å²) in [6.45, 7) is 6.89. The monoisotopic (exact) mass is 1010 g/mol. The number of para-hydroxylation sites is 4. The van der Waals surface area contributed by atoms with Gasteiger partial charge in [-0.05, 0) is 59.7 Å². The van der Waals surface area contributed by atoms with E-state index in [1.807, 2.05) is 18.2 Å². The van der Waals surface area contributed by atoms with Gasteiger partial charge in [0, 0.05) is 45.2 Å². The average molecular weight is 1010 g/mol. The van der Waals surface area contributed by atoms with Gasteiger partial charge < -0.3 is 24.4 Å². The van der Waals surface area contributed by atoms with Gasteiger partial charge in [0.05, 0.1) is 0 Å². The van der Waals surface area contributed by atoms with Crippen LogP contribution < -0.4 is 14.5 Å². The number of hydrogen-bond donors (Lipinski definition) is 0. The zero-order chi connectivity index (χ0) is 42.3. The zero-order valence-electron chi connectivity index (χ0n) is 35.4. The molecule has 0 fully saturated rings. The van der Waals surface area contributed by atoms with E-state index >= 15 is 0 Å². The van der Waals surface area contributed by atoms with E-state index in [2.05, 4.69) is 229 Å². The Bertz CT molecular complexity index is 3220. The SMILES string of the molecule is Cc1cc(C)c([N-]Cn2c3[c-]c(Oc4[c-]c(N5[CH-]N(c6c(-c7ccccc7)cccc6-c6ccccc6)c6ccccc65)ccc4)ccc3c3ccccc32)c(-c2ccccc2)c1.[Pt+4]. The van der Waals surface area contributed by atoms with Crippen molar-refractivity contribution in [3.8, 4) is 44.9 Å². The van der Waals surface area contributed by atoms with E-state index in [9.17, 15) is 0 Å². The molecule has 0 spiro atoms. The maximum atomic E-state index is 6.65. The molecule has 5 nitrogen and oxygen atoms in total. The first-order chi connectivity index (χ1) is 31.1.